The minimum Gasteiger partial charge on any atom is -0.308 e. The summed E-state index contributed by atoms with van der Waals surface area (Å²) >= 11 is 0.390. The summed E-state index contributed by atoms with van der Waals surface area (Å²) in [5, 5.41) is 0. The zero-order chi connectivity index (χ0) is 17.3. The summed E-state index contributed by atoms with van der Waals surface area (Å²) in [7, 11) is 0. The molecule has 1 aliphatic heterocycles. The molecule has 2 aromatic rings. The van der Waals surface area contributed by atoms with Gasteiger partial charge in [-0.2, -0.15) is 8.78 Å². The number of amides is 1. The lowest BCUT2D eigenvalue weighted by atomic mass is 10.00. The van der Waals surface area contributed by atoms with Crippen molar-refractivity contribution in [1.29, 1.82) is 0 Å². The molecule has 2 nitrogen and oxygen atoms in total. The zero-order valence-corrected chi connectivity index (χ0v) is 13.3. The lowest BCUT2D eigenvalue weighted by molar-refractivity contribution is 0.0985. The SMILES string of the molecule is O=C(c1ccc(SC(F)F)cc1)N1CCCc2c(F)cc(F)cc21. The molecule has 1 heterocycles. The van der Waals surface area contributed by atoms with Crippen molar-refractivity contribution in [2.24, 2.45) is 0 Å². The Kier molecular flexibility index (Phi) is 4.80. The third-order valence-corrected chi connectivity index (χ3v) is 4.53. The number of alkyl halides is 2. The Bertz CT molecular complexity index is 764. The standard InChI is InChI=1S/C17H13F4NOS/c18-11-8-14(19)13-2-1-7-22(15(13)9-11)16(23)10-3-5-12(6-4-10)24-17(20)21/h3-6,8-9,17H,1-2,7H2. The van der Waals surface area contributed by atoms with E-state index in [1.54, 1.807) is 0 Å². The largest absolute Gasteiger partial charge is 0.308 e. The van der Waals surface area contributed by atoms with E-state index in [2.05, 4.69) is 0 Å². The van der Waals surface area contributed by atoms with Gasteiger partial charge in [-0.05, 0) is 43.2 Å². The number of halogens is 4. The van der Waals surface area contributed by atoms with E-state index in [0.717, 1.165) is 12.1 Å². The quantitative estimate of drug-likeness (QED) is 0.578. The smallest absolute Gasteiger partial charge is 0.288 e. The fourth-order valence-electron chi connectivity index (χ4n) is 2.76. The molecule has 0 fully saturated rings. The van der Waals surface area contributed by atoms with Crippen LogP contribution in [-0.2, 0) is 6.42 Å². The third kappa shape index (κ3) is 3.40. The van der Waals surface area contributed by atoms with Crippen molar-refractivity contribution in [1.82, 2.24) is 0 Å². The second-order valence-corrected chi connectivity index (χ2v) is 6.41. The highest BCUT2D eigenvalue weighted by Crippen LogP contribution is 2.32. The normalized spacial score (nSPS) is 14.0. The first kappa shape index (κ1) is 16.8. The predicted octanol–water partition coefficient (Wildman–Crippen LogP) is 4.87. The number of carbonyl (C=O) groups is 1. The highest BCUT2D eigenvalue weighted by Gasteiger charge is 2.26. The Morgan fingerprint density at radius 2 is 1.83 bits per heavy atom. The molecule has 3 rings (SSSR count). The van der Waals surface area contributed by atoms with Crippen LogP contribution in [0.3, 0.4) is 0 Å². The van der Waals surface area contributed by atoms with Crippen molar-refractivity contribution in [2.45, 2.75) is 23.5 Å². The minimum atomic E-state index is -2.54. The Balaban J connectivity index is 1.89. The van der Waals surface area contributed by atoms with Gasteiger partial charge in [0.1, 0.15) is 11.6 Å². The molecular formula is C17H13F4NOS. The lowest BCUT2D eigenvalue weighted by Gasteiger charge is -2.30. The Morgan fingerprint density at radius 1 is 1.12 bits per heavy atom. The van der Waals surface area contributed by atoms with Gasteiger partial charge in [-0.1, -0.05) is 11.8 Å². The zero-order valence-electron chi connectivity index (χ0n) is 12.4. The number of fused-ring (bicyclic) bond motifs is 1. The first-order valence-electron chi connectivity index (χ1n) is 7.30. The molecule has 0 N–H and O–H groups in total. The fourth-order valence-corrected chi connectivity index (χ4v) is 3.26. The summed E-state index contributed by atoms with van der Waals surface area (Å²) in [6, 6.07) is 7.70. The number of carbonyl (C=O) groups excluding carboxylic acids is 1. The summed E-state index contributed by atoms with van der Waals surface area (Å²) in [6.07, 6.45) is 1.01. The molecular weight excluding hydrogens is 342 g/mol. The monoisotopic (exact) mass is 355 g/mol. The molecule has 0 saturated carbocycles. The first-order chi connectivity index (χ1) is 11.5. The molecule has 0 bridgehead atoms. The molecule has 1 amide bonds. The van der Waals surface area contributed by atoms with Crippen molar-refractivity contribution in [3.63, 3.8) is 0 Å². The van der Waals surface area contributed by atoms with E-state index in [9.17, 15) is 22.4 Å². The van der Waals surface area contributed by atoms with E-state index in [-0.39, 0.29) is 11.3 Å². The van der Waals surface area contributed by atoms with Gasteiger partial charge >= 0.3 is 0 Å². The molecule has 126 valence electrons. The van der Waals surface area contributed by atoms with Crippen LogP contribution in [0.4, 0.5) is 23.2 Å². The van der Waals surface area contributed by atoms with Crippen LogP contribution in [0.5, 0.6) is 0 Å². The molecule has 24 heavy (non-hydrogen) atoms. The number of hydrogen-bond acceptors (Lipinski definition) is 2. The van der Waals surface area contributed by atoms with Crippen LogP contribution in [-0.4, -0.2) is 18.2 Å². The van der Waals surface area contributed by atoms with Crippen LogP contribution in [0.15, 0.2) is 41.3 Å². The third-order valence-electron chi connectivity index (χ3n) is 3.81. The molecule has 1 aliphatic rings. The maximum atomic E-state index is 13.9. The maximum Gasteiger partial charge on any atom is 0.288 e. The van der Waals surface area contributed by atoms with Crippen molar-refractivity contribution in [2.75, 3.05) is 11.4 Å². The van der Waals surface area contributed by atoms with Crippen molar-refractivity contribution in [3.05, 3.63) is 59.2 Å². The van der Waals surface area contributed by atoms with Crippen LogP contribution in [0.25, 0.3) is 0 Å². The Labute approximate surface area is 140 Å². The van der Waals surface area contributed by atoms with Crippen LogP contribution < -0.4 is 4.90 Å². The fraction of sp³-hybridized carbons (Fsp3) is 0.235. The molecule has 0 atom stereocenters. The van der Waals surface area contributed by atoms with Crippen molar-refractivity contribution in [3.8, 4) is 0 Å². The number of hydrogen-bond donors (Lipinski definition) is 0. The van der Waals surface area contributed by atoms with E-state index in [1.165, 1.54) is 29.2 Å². The number of benzene rings is 2. The molecule has 0 aromatic heterocycles. The maximum absolute atomic E-state index is 13.9. The van der Waals surface area contributed by atoms with Gasteiger partial charge in [-0.3, -0.25) is 4.79 Å². The summed E-state index contributed by atoms with van der Waals surface area (Å²) in [4.78, 5) is 14.3. The van der Waals surface area contributed by atoms with Gasteiger partial charge in [-0.15, -0.1) is 0 Å². The number of rotatable bonds is 3. The van der Waals surface area contributed by atoms with Gasteiger partial charge < -0.3 is 4.90 Å². The van der Waals surface area contributed by atoms with Gasteiger partial charge in [0, 0.05) is 28.6 Å². The highest BCUT2D eigenvalue weighted by atomic mass is 32.2. The van der Waals surface area contributed by atoms with E-state index in [4.69, 9.17) is 0 Å². The second kappa shape index (κ2) is 6.84. The van der Waals surface area contributed by atoms with Crippen molar-refractivity contribution < 1.29 is 22.4 Å². The van der Waals surface area contributed by atoms with Crippen LogP contribution in [0, 0.1) is 11.6 Å². The molecule has 0 saturated heterocycles. The first-order valence-corrected chi connectivity index (χ1v) is 8.18. The summed E-state index contributed by atoms with van der Waals surface area (Å²) in [5.74, 6) is -4.35. The van der Waals surface area contributed by atoms with Gasteiger partial charge in [-0.25, -0.2) is 8.78 Å². The summed E-state index contributed by atoms with van der Waals surface area (Å²) in [6.45, 7) is 0.349. The lowest BCUT2D eigenvalue weighted by Crippen LogP contribution is -2.36. The van der Waals surface area contributed by atoms with Gasteiger partial charge in [0.15, 0.2) is 0 Å². The number of thioether (sulfide) groups is 1. The summed E-state index contributed by atoms with van der Waals surface area (Å²) < 4.78 is 52.1. The average Bonchev–Trinajstić information content (AvgIpc) is 2.54. The van der Waals surface area contributed by atoms with Gasteiger partial charge in [0.2, 0.25) is 0 Å². The van der Waals surface area contributed by atoms with Crippen LogP contribution >= 0.6 is 11.8 Å². The molecule has 0 radical (unpaired) electrons. The van der Waals surface area contributed by atoms with Gasteiger partial charge in [0.25, 0.3) is 11.7 Å². The molecule has 0 aliphatic carbocycles. The molecule has 0 spiro atoms. The van der Waals surface area contributed by atoms with Crippen LogP contribution in [0.1, 0.15) is 22.3 Å². The molecule has 7 heteroatoms. The van der Waals surface area contributed by atoms with Crippen molar-refractivity contribution >= 4 is 23.4 Å². The average molecular weight is 355 g/mol. The Morgan fingerprint density at radius 3 is 2.50 bits per heavy atom. The number of nitrogens with zero attached hydrogens (tertiary/aromatic N) is 1. The second-order valence-electron chi connectivity index (χ2n) is 5.35. The predicted molar refractivity (Wildman–Crippen MR) is 84.7 cm³/mol. The van der Waals surface area contributed by atoms with Crippen LogP contribution in [0.2, 0.25) is 0 Å². The van der Waals surface area contributed by atoms with E-state index in [1.807, 2.05) is 0 Å². The van der Waals surface area contributed by atoms with E-state index in [0.29, 0.717) is 41.6 Å². The minimum absolute atomic E-state index is 0.231. The topological polar surface area (TPSA) is 20.3 Å². The molecule has 0 unspecified atom stereocenters. The van der Waals surface area contributed by atoms with Gasteiger partial charge in [0.05, 0.1) is 5.69 Å². The highest BCUT2D eigenvalue weighted by molar-refractivity contribution is 7.99. The van der Waals surface area contributed by atoms with E-state index >= 15 is 0 Å². The van der Waals surface area contributed by atoms with E-state index < -0.39 is 23.3 Å². The Hall–Kier alpha value is -2.02. The summed E-state index contributed by atoms with van der Waals surface area (Å²) in [5.41, 5.74) is 0.835. The molecule has 2 aromatic carbocycles. The number of anilines is 1.